The lowest BCUT2D eigenvalue weighted by molar-refractivity contribution is -0.121. The molecule has 0 saturated heterocycles. The maximum atomic E-state index is 14.0. The van der Waals surface area contributed by atoms with Crippen LogP contribution in [-0.2, 0) is 24.8 Å². The first-order valence-corrected chi connectivity index (χ1v) is 11.2. The summed E-state index contributed by atoms with van der Waals surface area (Å²) in [6.45, 7) is 2.18. The van der Waals surface area contributed by atoms with Crippen molar-refractivity contribution in [1.82, 2.24) is 14.9 Å². The number of furan rings is 1. The quantitative estimate of drug-likeness (QED) is 0.291. The summed E-state index contributed by atoms with van der Waals surface area (Å²) in [7, 11) is 1.68. The molecular weight excluding hydrogens is 417 g/mol. The summed E-state index contributed by atoms with van der Waals surface area (Å²) in [5, 5.41) is 3.45. The van der Waals surface area contributed by atoms with Crippen LogP contribution in [0.25, 0.3) is 0 Å². The van der Waals surface area contributed by atoms with Crippen LogP contribution in [0.5, 0.6) is 0 Å². The lowest BCUT2D eigenvalue weighted by atomic mass is 10.0. The van der Waals surface area contributed by atoms with E-state index in [1.165, 1.54) is 22.4 Å². The number of hydrogen-bond donors (Lipinski definition) is 1. The minimum atomic E-state index is -0.324. The molecule has 0 radical (unpaired) electrons. The van der Waals surface area contributed by atoms with E-state index < -0.39 is 0 Å². The average Bonchev–Trinajstić information content (AvgIpc) is 3.28. The van der Waals surface area contributed by atoms with Gasteiger partial charge < -0.3 is 9.73 Å². The number of aromatic nitrogens is 2. The lowest BCUT2D eigenvalue weighted by Crippen LogP contribution is -2.26. The second-order valence-corrected chi connectivity index (χ2v) is 8.31. The number of aryl methyl sites for hydroxylation is 1. The number of amides is 1. The predicted molar refractivity (Wildman–Crippen MR) is 119 cm³/mol. The Kier molecular flexibility index (Phi) is 8.06. The van der Waals surface area contributed by atoms with E-state index >= 15 is 0 Å². The normalized spacial score (nSPS) is 10.9. The highest BCUT2D eigenvalue weighted by Crippen LogP contribution is 2.19. The Bertz CT molecular complexity index is 1080. The number of carbonyl (C=O) groups is 1. The molecular formula is C23H26FN3O3S. The van der Waals surface area contributed by atoms with Gasteiger partial charge in [0.1, 0.15) is 11.6 Å². The molecule has 31 heavy (non-hydrogen) atoms. The molecule has 0 aliphatic carbocycles. The highest BCUT2D eigenvalue weighted by atomic mass is 32.2. The van der Waals surface area contributed by atoms with Gasteiger partial charge in [0.15, 0.2) is 5.16 Å². The molecule has 3 rings (SSSR count). The fourth-order valence-electron chi connectivity index (χ4n) is 3.13. The number of halogens is 1. The minimum absolute atomic E-state index is 0.0136. The average molecular weight is 444 g/mol. The van der Waals surface area contributed by atoms with Gasteiger partial charge in [-0.25, -0.2) is 9.37 Å². The van der Waals surface area contributed by atoms with E-state index in [2.05, 4.69) is 10.3 Å². The lowest BCUT2D eigenvalue weighted by Gasteiger charge is -2.12. The summed E-state index contributed by atoms with van der Waals surface area (Å²) < 4.78 is 20.7. The molecule has 0 aliphatic rings. The van der Waals surface area contributed by atoms with Crippen molar-refractivity contribution in [3.05, 3.63) is 81.4 Å². The molecule has 0 spiro atoms. The van der Waals surface area contributed by atoms with Crippen molar-refractivity contribution in [2.75, 3.05) is 5.75 Å². The molecule has 0 unspecified atom stereocenters. The maximum Gasteiger partial charge on any atom is 0.257 e. The molecule has 0 bridgehead atoms. The van der Waals surface area contributed by atoms with Crippen LogP contribution in [0.4, 0.5) is 4.39 Å². The Morgan fingerprint density at radius 3 is 2.77 bits per heavy atom. The molecule has 3 aromatic rings. The first kappa shape index (κ1) is 22.8. The third-order valence-electron chi connectivity index (χ3n) is 4.94. The number of thioether (sulfide) groups is 1. The van der Waals surface area contributed by atoms with Crippen molar-refractivity contribution < 1.29 is 13.6 Å². The Morgan fingerprint density at radius 1 is 1.23 bits per heavy atom. The zero-order chi connectivity index (χ0) is 22.2. The van der Waals surface area contributed by atoms with Crippen LogP contribution >= 0.6 is 11.8 Å². The molecule has 8 heteroatoms. The van der Waals surface area contributed by atoms with E-state index in [9.17, 15) is 14.0 Å². The van der Waals surface area contributed by atoms with Crippen molar-refractivity contribution in [2.45, 2.75) is 44.3 Å². The number of nitrogens with zero attached hydrogens (tertiary/aromatic N) is 2. The van der Waals surface area contributed by atoms with Gasteiger partial charge in [0.05, 0.1) is 12.8 Å². The number of nitrogens with one attached hydrogen (secondary N) is 1. The van der Waals surface area contributed by atoms with Gasteiger partial charge >= 0.3 is 0 Å². The number of rotatable bonds is 10. The van der Waals surface area contributed by atoms with E-state index in [0.29, 0.717) is 34.9 Å². The summed E-state index contributed by atoms with van der Waals surface area (Å²) in [5.41, 5.74) is 1.45. The van der Waals surface area contributed by atoms with Gasteiger partial charge in [0, 0.05) is 36.9 Å². The number of benzene rings is 1. The molecule has 1 amide bonds. The standard InChI is InChI=1S/C23H26FN3O3S/c1-16-19(14-17-8-3-4-10-20(17)24)22(29)27(2)23(26-16)31-13-6-5-11-21(28)25-15-18-9-7-12-30-18/h3-4,7-10,12H,5-6,11,13-15H2,1-2H3,(H,25,28). The van der Waals surface area contributed by atoms with Crippen molar-refractivity contribution in [1.29, 1.82) is 0 Å². The van der Waals surface area contributed by atoms with Crippen molar-refractivity contribution in [2.24, 2.45) is 7.05 Å². The SMILES string of the molecule is Cc1nc(SCCCCC(=O)NCc2ccco2)n(C)c(=O)c1Cc1ccccc1F. The Hall–Kier alpha value is -2.87. The Morgan fingerprint density at radius 2 is 2.03 bits per heavy atom. The summed E-state index contributed by atoms with van der Waals surface area (Å²) in [5.74, 6) is 1.14. The second-order valence-electron chi connectivity index (χ2n) is 7.25. The molecule has 0 saturated carbocycles. The van der Waals surface area contributed by atoms with Crippen LogP contribution in [0.2, 0.25) is 0 Å². The van der Waals surface area contributed by atoms with E-state index in [4.69, 9.17) is 4.42 Å². The van der Waals surface area contributed by atoms with E-state index in [1.807, 2.05) is 6.07 Å². The van der Waals surface area contributed by atoms with Gasteiger partial charge in [-0.05, 0) is 43.5 Å². The fourth-order valence-corrected chi connectivity index (χ4v) is 4.14. The first-order chi connectivity index (χ1) is 15.0. The van der Waals surface area contributed by atoms with Crippen LogP contribution in [0.15, 0.2) is 57.0 Å². The molecule has 1 aromatic carbocycles. The zero-order valence-corrected chi connectivity index (χ0v) is 18.5. The summed E-state index contributed by atoms with van der Waals surface area (Å²) in [6, 6.07) is 10.1. The second kappa shape index (κ2) is 10.9. The zero-order valence-electron chi connectivity index (χ0n) is 17.7. The molecule has 0 aliphatic heterocycles. The topological polar surface area (TPSA) is 77.1 Å². The number of unbranched alkanes of at least 4 members (excludes halogenated alkanes) is 1. The first-order valence-electron chi connectivity index (χ1n) is 10.2. The minimum Gasteiger partial charge on any atom is -0.467 e. The molecule has 1 N–H and O–H groups in total. The van der Waals surface area contributed by atoms with Crippen LogP contribution in [0.3, 0.4) is 0 Å². The van der Waals surface area contributed by atoms with Crippen LogP contribution in [0, 0.1) is 12.7 Å². The van der Waals surface area contributed by atoms with Crippen molar-refractivity contribution >= 4 is 17.7 Å². The Labute approximate surface area is 184 Å². The smallest absolute Gasteiger partial charge is 0.257 e. The van der Waals surface area contributed by atoms with E-state index in [-0.39, 0.29) is 23.7 Å². The van der Waals surface area contributed by atoms with Gasteiger partial charge in [-0.15, -0.1) is 0 Å². The van der Waals surface area contributed by atoms with Crippen molar-refractivity contribution in [3.63, 3.8) is 0 Å². The summed E-state index contributed by atoms with van der Waals surface area (Å²) in [4.78, 5) is 29.2. The van der Waals surface area contributed by atoms with E-state index in [0.717, 1.165) is 24.4 Å². The monoisotopic (exact) mass is 443 g/mol. The van der Waals surface area contributed by atoms with Gasteiger partial charge in [-0.1, -0.05) is 30.0 Å². The van der Waals surface area contributed by atoms with Gasteiger partial charge in [-0.3, -0.25) is 14.2 Å². The van der Waals surface area contributed by atoms with Gasteiger partial charge in [-0.2, -0.15) is 0 Å². The number of carbonyl (C=O) groups excluding carboxylic acids is 1. The third-order valence-corrected chi connectivity index (χ3v) is 6.06. The van der Waals surface area contributed by atoms with Crippen LogP contribution < -0.4 is 10.9 Å². The fraction of sp³-hybridized carbons (Fsp3) is 0.348. The molecule has 2 heterocycles. The summed E-state index contributed by atoms with van der Waals surface area (Å²) in [6.07, 6.45) is 3.80. The summed E-state index contributed by atoms with van der Waals surface area (Å²) >= 11 is 1.49. The van der Waals surface area contributed by atoms with Crippen molar-refractivity contribution in [3.8, 4) is 0 Å². The third kappa shape index (κ3) is 6.30. The molecule has 0 atom stereocenters. The molecule has 2 aromatic heterocycles. The van der Waals surface area contributed by atoms with E-state index in [1.54, 1.807) is 44.5 Å². The molecule has 0 fully saturated rings. The Balaban J connectivity index is 1.49. The molecule has 6 nitrogen and oxygen atoms in total. The molecule has 164 valence electrons. The number of hydrogen-bond acceptors (Lipinski definition) is 5. The largest absolute Gasteiger partial charge is 0.467 e. The maximum absolute atomic E-state index is 14.0. The van der Waals surface area contributed by atoms with Crippen LogP contribution in [-0.4, -0.2) is 21.2 Å². The van der Waals surface area contributed by atoms with Crippen LogP contribution in [0.1, 0.15) is 41.8 Å². The van der Waals surface area contributed by atoms with Gasteiger partial charge in [0.25, 0.3) is 5.56 Å². The highest BCUT2D eigenvalue weighted by molar-refractivity contribution is 7.99. The highest BCUT2D eigenvalue weighted by Gasteiger charge is 2.14. The predicted octanol–water partition coefficient (Wildman–Crippen LogP) is 3.99. The van der Waals surface area contributed by atoms with Gasteiger partial charge in [0.2, 0.25) is 5.91 Å².